The average molecular weight is 314 g/mol. The Bertz CT molecular complexity index is 635. The number of alkyl halides is 3. The molecule has 1 aromatic rings. The Labute approximate surface area is 111 Å². The molecule has 0 aromatic heterocycles. The van der Waals surface area contributed by atoms with Gasteiger partial charge in [0.2, 0.25) is 0 Å². The van der Waals surface area contributed by atoms with Gasteiger partial charge in [0.1, 0.15) is 11.8 Å². The quantitative estimate of drug-likeness (QED) is 0.805. The minimum absolute atomic E-state index is 0.0354. The van der Waals surface area contributed by atoms with Gasteiger partial charge in [-0.05, 0) is 24.1 Å². The Hall–Kier alpha value is -1.46. The first-order valence-electron chi connectivity index (χ1n) is 4.86. The van der Waals surface area contributed by atoms with Crippen molar-refractivity contribution < 1.29 is 26.3 Å². The summed E-state index contributed by atoms with van der Waals surface area (Å²) in [5, 5.41) is 8.73. The van der Waals surface area contributed by atoms with E-state index in [2.05, 4.69) is 4.74 Å². The second-order valence-corrected chi connectivity index (χ2v) is 5.94. The highest BCUT2D eigenvalue weighted by molar-refractivity contribution is 8.13. The van der Waals surface area contributed by atoms with E-state index >= 15 is 0 Å². The Morgan fingerprint density at radius 1 is 1.42 bits per heavy atom. The van der Waals surface area contributed by atoms with Crippen molar-refractivity contribution in [2.45, 2.75) is 24.6 Å². The molecular weight excluding hydrogens is 307 g/mol. The summed E-state index contributed by atoms with van der Waals surface area (Å²) in [7, 11) is 1.00. The predicted molar refractivity (Wildman–Crippen MR) is 60.3 cm³/mol. The minimum atomic E-state index is -4.97. The molecule has 0 aliphatic heterocycles. The van der Waals surface area contributed by atoms with E-state index in [1.807, 2.05) is 0 Å². The molecular formula is C10H7ClF3NO3S. The van der Waals surface area contributed by atoms with Crippen LogP contribution >= 0.6 is 10.7 Å². The number of benzene rings is 1. The van der Waals surface area contributed by atoms with Crippen LogP contribution in [0.1, 0.15) is 18.1 Å². The molecule has 0 spiro atoms. The fraction of sp³-hybridized carbons (Fsp3) is 0.300. The van der Waals surface area contributed by atoms with E-state index in [9.17, 15) is 21.6 Å². The van der Waals surface area contributed by atoms with Gasteiger partial charge in [-0.15, -0.1) is 13.2 Å². The maximum Gasteiger partial charge on any atom is 0.573 e. The average Bonchev–Trinajstić information content (AvgIpc) is 2.24. The summed E-state index contributed by atoms with van der Waals surface area (Å²) in [4.78, 5) is -0.400. The van der Waals surface area contributed by atoms with Crippen LogP contribution in [0.4, 0.5) is 13.2 Å². The summed E-state index contributed by atoms with van der Waals surface area (Å²) in [5.74, 6) is -0.754. The van der Waals surface area contributed by atoms with Crippen LogP contribution in [0.2, 0.25) is 0 Å². The number of ether oxygens (including phenoxy) is 1. The third kappa shape index (κ3) is 4.01. The normalized spacial score (nSPS) is 12.0. The third-order valence-electron chi connectivity index (χ3n) is 2.15. The molecule has 9 heteroatoms. The van der Waals surface area contributed by atoms with E-state index in [4.69, 9.17) is 15.9 Å². The van der Waals surface area contributed by atoms with E-state index in [0.717, 1.165) is 12.1 Å². The van der Waals surface area contributed by atoms with Crippen molar-refractivity contribution in [3.63, 3.8) is 0 Å². The molecule has 0 N–H and O–H groups in total. The lowest BCUT2D eigenvalue weighted by Crippen LogP contribution is -2.18. The molecule has 0 amide bonds. The highest BCUT2D eigenvalue weighted by Crippen LogP contribution is 2.32. The smallest absolute Gasteiger partial charge is 0.404 e. The second-order valence-electron chi connectivity index (χ2n) is 3.41. The number of rotatable bonds is 3. The van der Waals surface area contributed by atoms with Crippen molar-refractivity contribution in [2.75, 3.05) is 0 Å². The van der Waals surface area contributed by atoms with Gasteiger partial charge in [-0.25, -0.2) is 8.42 Å². The zero-order valence-corrected chi connectivity index (χ0v) is 11.0. The van der Waals surface area contributed by atoms with E-state index in [0.29, 0.717) is 0 Å². The Balaban J connectivity index is 3.50. The first kappa shape index (κ1) is 15.6. The lowest BCUT2D eigenvalue weighted by atomic mass is 10.1. The molecule has 0 unspecified atom stereocenters. The van der Waals surface area contributed by atoms with Crippen molar-refractivity contribution in [2.24, 2.45) is 0 Å². The first-order chi connectivity index (χ1) is 8.58. The number of halogens is 4. The molecule has 1 rings (SSSR count). The van der Waals surface area contributed by atoms with Crippen LogP contribution in [-0.2, 0) is 15.5 Å². The van der Waals surface area contributed by atoms with Gasteiger partial charge in [0.25, 0.3) is 9.05 Å². The van der Waals surface area contributed by atoms with E-state index in [1.54, 1.807) is 0 Å². The second kappa shape index (κ2) is 5.27. The predicted octanol–water partition coefficient (Wildman–Crippen LogP) is 2.95. The highest BCUT2D eigenvalue weighted by atomic mass is 35.7. The zero-order valence-electron chi connectivity index (χ0n) is 9.45. The Kier molecular flexibility index (Phi) is 4.32. The molecule has 0 radical (unpaired) electrons. The summed E-state index contributed by atoms with van der Waals surface area (Å²) in [6.07, 6.45) is -4.86. The molecule has 104 valence electrons. The molecule has 0 fully saturated rings. The molecule has 4 nitrogen and oxygen atoms in total. The molecule has 19 heavy (non-hydrogen) atoms. The molecule has 0 heterocycles. The lowest BCUT2D eigenvalue weighted by Gasteiger charge is -2.13. The van der Waals surface area contributed by atoms with Crippen LogP contribution < -0.4 is 4.74 Å². The number of nitrogens with zero attached hydrogens (tertiary/aromatic N) is 1. The highest BCUT2D eigenvalue weighted by Gasteiger charge is 2.33. The SMILES string of the molecule is CCc1cc(OC(F)(F)F)c(C#N)cc1S(=O)(=O)Cl. The molecule has 0 bridgehead atoms. The summed E-state index contributed by atoms with van der Waals surface area (Å²) in [6.45, 7) is 1.53. The number of hydrogen-bond acceptors (Lipinski definition) is 4. The van der Waals surface area contributed by atoms with Gasteiger partial charge < -0.3 is 4.74 Å². The fourth-order valence-electron chi connectivity index (χ4n) is 1.40. The minimum Gasteiger partial charge on any atom is -0.404 e. The number of hydrogen-bond donors (Lipinski definition) is 0. The number of aryl methyl sites for hydroxylation is 1. The molecule has 0 saturated heterocycles. The van der Waals surface area contributed by atoms with Gasteiger partial charge >= 0.3 is 6.36 Å². The van der Waals surface area contributed by atoms with Crippen molar-refractivity contribution in [3.8, 4) is 11.8 Å². The van der Waals surface area contributed by atoms with E-state index < -0.39 is 31.6 Å². The fourth-order valence-corrected chi connectivity index (χ4v) is 2.61. The van der Waals surface area contributed by atoms with Crippen molar-refractivity contribution in [1.29, 1.82) is 5.26 Å². The molecule has 0 atom stereocenters. The van der Waals surface area contributed by atoms with E-state index in [1.165, 1.54) is 13.0 Å². The number of nitriles is 1. The topological polar surface area (TPSA) is 67.2 Å². The lowest BCUT2D eigenvalue weighted by molar-refractivity contribution is -0.274. The van der Waals surface area contributed by atoms with Gasteiger partial charge in [-0.2, -0.15) is 5.26 Å². The molecule has 1 aromatic carbocycles. The van der Waals surface area contributed by atoms with Crippen molar-refractivity contribution in [1.82, 2.24) is 0 Å². The largest absolute Gasteiger partial charge is 0.573 e. The van der Waals surface area contributed by atoms with Gasteiger partial charge in [0.15, 0.2) is 0 Å². The van der Waals surface area contributed by atoms with Crippen LogP contribution in [0.25, 0.3) is 0 Å². The summed E-state index contributed by atoms with van der Waals surface area (Å²) in [5.41, 5.74) is -0.526. The third-order valence-corrected chi connectivity index (χ3v) is 3.56. The summed E-state index contributed by atoms with van der Waals surface area (Å²) < 4.78 is 62.7. The van der Waals surface area contributed by atoms with Crippen LogP contribution in [0, 0.1) is 11.3 Å². The molecule has 0 aliphatic rings. The Morgan fingerprint density at radius 2 is 2.00 bits per heavy atom. The monoisotopic (exact) mass is 313 g/mol. The van der Waals surface area contributed by atoms with Crippen LogP contribution in [-0.4, -0.2) is 14.8 Å². The van der Waals surface area contributed by atoms with E-state index in [-0.39, 0.29) is 12.0 Å². The van der Waals surface area contributed by atoms with Crippen LogP contribution in [0.5, 0.6) is 5.75 Å². The summed E-state index contributed by atoms with van der Waals surface area (Å²) in [6, 6.07) is 3.05. The molecule has 0 saturated carbocycles. The van der Waals surface area contributed by atoms with Crippen LogP contribution in [0.15, 0.2) is 17.0 Å². The van der Waals surface area contributed by atoms with Gasteiger partial charge in [-0.1, -0.05) is 6.92 Å². The standard InChI is InChI=1S/C10H7ClF3NO3S/c1-2-6-3-8(18-10(12,13)14)7(5-15)4-9(6)19(11,16)17/h3-4H,2H2,1H3. The summed E-state index contributed by atoms with van der Waals surface area (Å²) >= 11 is 0. The van der Waals surface area contributed by atoms with Crippen molar-refractivity contribution in [3.05, 3.63) is 23.3 Å². The maximum absolute atomic E-state index is 12.2. The van der Waals surface area contributed by atoms with Gasteiger partial charge in [0.05, 0.1) is 10.5 Å². The van der Waals surface area contributed by atoms with Gasteiger partial charge in [0, 0.05) is 10.7 Å². The van der Waals surface area contributed by atoms with Crippen molar-refractivity contribution >= 4 is 19.7 Å². The van der Waals surface area contributed by atoms with Crippen LogP contribution in [0.3, 0.4) is 0 Å². The Morgan fingerprint density at radius 3 is 2.37 bits per heavy atom. The maximum atomic E-state index is 12.2. The van der Waals surface area contributed by atoms with Gasteiger partial charge in [-0.3, -0.25) is 0 Å². The zero-order chi connectivity index (χ0) is 14.8. The first-order valence-corrected chi connectivity index (χ1v) is 7.17. The molecule has 0 aliphatic carbocycles.